The highest BCUT2D eigenvalue weighted by Gasteiger charge is 2.22. The molecule has 124 valence electrons. The molecule has 1 saturated carbocycles. The Labute approximate surface area is 136 Å². The Morgan fingerprint density at radius 1 is 1.30 bits per heavy atom. The fourth-order valence-corrected chi connectivity index (χ4v) is 3.37. The number of anilines is 1. The van der Waals surface area contributed by atoms with Crippen molar-refractivity contribution in [2.75, 3.05) is 5.32 Å². The smallest absolute Gasteiger partial charge is 0.227 e. The number of aryl methyl sites for hydroxylation is 1. The van der Waals surface area contributed by atoms with E-state index in [-0.39, 0.29) is 11.8 Å². The Morgan fingerprint density at radius 3 is 2.78 bits per heavy atom. The molecule has 0 saturated heterocycles. The van der Waals surface area contributed by atoms with Crippen LogP contribution in [0.15, 0.2) is 24.8 Å². The third-order valence-electron chi connectivity index (χ3n) is 4.61. The van der Waals surface area contributed by atoms with Crippen LogP contribution in [0.25, 0.3) is 0 Å². The van der Waals surface area contributed by atoms with Gasteiger partial charge in [-0.25, -0.2) is 0 Å². The molecule has 1 fully saturated rings. The van der Waals surface area contributed by atoms with Crippen molar-refractivity contribution in [3.05, 3.63) is 30.4 Å². The molecule has 1 aliphatic carbocycles. The van der Waals surface area contributed by atoms with Crippen molar-refractivity contribution in [3.63, 3.8) is 0 Å². The minimum Gasteiger partial charge on any atom is -0.323 e. The number of hydrogen-bond acceptors (Lipinski definition) is 3. The van der Waals surface area contributed by atoms with Crippen LogP contribution in [0.5, 0.6) is 0 Å². The summed E-state index contributed by atoms with van der Waals surface area (Å²) in [4.78, 5) is 12.3. The van der Waals surface area contributed by atoms with Crippen molar-refractivity contribution in [3.8, 4) is 0 Å². The number of carbonyl (C=O) groups excluding carboxylic acids is 1. The fourth-order valence-electron chi connectivity index (χ4n) is 3.37. The molecule has 1 aliphatic rings. The van der Waals surface area contributed by atoms with Gasteiger partial charge in [0.15, 0.2) is 0 Å². The molecule has 23 heavy (non-hydrogen) atoms. The van der Waals surface area contributed by atoms with Gasteiger partial charge in [0.25, 0.3) is 0 Å². The van der Waals surface area contributed by atoms with Crippen molar-refractivity contribution < 1.29 is 4.79 Å². The van der Waals surface area contributed by atoms with Crippen LogP contribution in [-0.2, 0) is 18.4 Å². The lowest BCUT2D eigenvalue weighted by Gasteiger charge is -2.15. The molecule has 2 aromatic rings. The molecule has 0 unspecified atom stereocenters. The van der Waals surface area contributed by atoms with Crippen molar-refractivity contribution in [2.45, 2.75) is 45.6 Å². The summed E-state index contributed by atoms with van der Waals surface area (Å²) >= 11 is 0. The molecule has 0 aliphatic heterocycles. The highest BCUT2D eigenvalue weighted by molar-refractivity contribution is 5.92. The molecular weight excluding hydrogens is 290 g/mol. The van der Waals surface area contributed by atoms with Crippen LogP contribution in [-0.4, -0.2) is 25.5 Å². The standard InChI is InChI=1S/C17H25N5O/c1-13(7-14-5-3-4-6-14)17(23)20-16-9-19-22(12-16)11-15-8-18-21(2)10-15/h8-10,12-14H,3-7,11H2,1-2H3,(H,20,23)/t13-/m0/s1. The van der Waals surface area contributed by atoms with E-state index in [4.69, 9.17) is 0 Å². The van der Waals surface area contributed by atoms with E-state index in [2.05, 4.69) is 15.5 Å². The number of nitrogens with zero attached hydrogens (tertiary/aromatic N) is 4. The lowest BCUT2D eigenvalue weighted by molar-refractivity contribution is -0.119. The van der Waals surface area contributed by atoms with Gasteiger partial charge in [-0.2, -0.15) is 10.2 Å². The number of hydrogen-bond donors (Lipinski definition) is 1. The maximum Gasteiger partial charge on any atom is 0.227 e. The largest absolute Gasteiger partial charge is 0.323 e. The summed E-state index contributed by atoms with van der Waals surface area (Å²) in [7, 11) is 1.89. The van der Waals surface area contributed by atoms with Gasteiger partial charge in [0.05, 0.1) is 24.6 Å². The zero-order valence-corrected chi connectivity index (χ0v) is 13.9. The van der Waals surface area contributed by atoms with Crippen molar-refractivity contribution >= 4 is 11.6 Å². The summed E-state index contributed by atoms with van der Waals surface area (Å²) in [5.74, 6) is 0.877. The summed E-state index contributed by atoms with van der Waals surface area (Å²) in [5, 5.41) is 11.4. The van der Waals surface area contributed by atoms with Gasteiger partial charge in [-0.1, -0.05) is 32.6 Å². The van der Waals surface area contributed by atoms with E-state index in [1.54, 1.807) is 10.9 Å². The van der Waals surface area contributed by atoms with Crippen LogP contribution < -0.4 is 5.32 Å². The van der Waals surface area contributed by atoms with Crippen LogP contribution in [0.4, 0.5) is 5.69 Å². The summed E-state index contributed by atoms with van der Waals surface area (Å²) in [6.45, 7) is 2.68. The lowest BCUT2D eigenvalue weighted by Crippen LogP contribution is -2.22. The van der Waals surface area contributed by atoms with Gasteiger partial charge in [-0.15, -0.1) is 0 Å². The highest BCUT2D eigenvalue weighted by Crippen LogP contribution is 2.30. The molecule has 0 spiro atoms. The summed E-state index contributed by atoms with van der Waals surface area (Å²) in [5.41, 5.74) is 1.85. The first-order valence-corrected chi connectivity index (χ1v) is 8.41. The van der Waals surface area contributed by atoms with E-state index in [0.29, 0.717) is 6.54 Å². The molecular formula is C17H25N5O. The Balaban J connectivity index is 1.52. The predicted molar refractivity (Wildman–Crippen MR) is 88.9 cm³/mol. The van der Waals surface area contributed by atoms with Crippen molar-refractivity contribution in [2.24, 2.45) is 18.9 Å². The van der Waals surface area contributed by atoms with Crippen LogP contribution in [0, 0.1) is 11.8 Å². The Bertz CT molecular complexity index is 653. The number of rotatable bonds is 6. The van der Waals surface area contributed by atoms with E-state index >= 15 is 0 Å². The summed E-state index contributed by atoms with van der Waals surface area (Å²) in [6.07, 6.45) is 13.5. The van der Waals surface area contributed by atoms with Gasteiger partial charge in [-0.3, -0.25) is 14.2 Å². The molecule has 1 atom stereocenters. The Kier molecular flexibility index (Phi) is 4.79. The zero-order valence-electron chi connectivity index (χ0n) is 13.9. The maximum absolute atomic E-state index is 12.3. The SMILES string of the molecule is C[C@@H](CC1CCCC1)C(=O)Nc1cnn(Cc2cnn(C)c2)c1. The van der Waals surface area contributed by atoms with Gasteiger partial charge < -0.3 is 5.32 Å². The topological polar surface area (TPSA) is 64.7 Å². The van der Waals surface area contributed by atoms with E-state index in [1.165, 1.54) is 25.7 Å². The molecule has 6 heteroatoms. The molecule has 1 N–H and O–H groups in total. The van der Waals surface area contributed by atoms with Crippen LogP contribution in [0.3, 0.4) is 0 Å². The van der Waals surface area contributed by atoms with Gasteiger partial charge >= 0.3 is 0 Å². The lowest BCUT2D eigenvalue weighted by atomic mass is 9.94. The monoisotopic (exact) mass is 315 g/mol. The van der Waals surface area contributed by atoms with Crippen molar-refractivity contribution in [1.29, 1.82) is 0 Å². The third-order valence-corrected chi connectivity index (χ3v) is 4.61. The Hall–Kier alpha value is -2.11. The minimum absolute atomic E-state index is 0.0553. The second-order valence-electron chi connectivity index (χ2n) is 6.73. The van der Waals surface area contributed by atoms with E-state index in [0.717, 1.165) is 23.6 Å². The summed E-state index contributed by atoms with van der Waals surface area (Å²) < 4.78 is 3.58. The second kappa shape index (κ2) is 6.98. The van der Waals surface area contributed by atoms with Crippen LogP contribution >= 0.6 is 0 Å². The molecule has 2 heterocycles. The molecule has 1 amide bonds. The second-order valence-corrected chi connectivity index (χ2v) is 6.73. The average Bonchev–Trinajstić information content (AvgIpc) is 3.23. The van der Waals surface area contributed by atoms with Crippen LogP contribution in [0.1, 0.15) is 44.6 Å². The van der Waals surface area contributed by atoms with Gasteiger partial charge in [-0.05, 0) is 12.3 Å². The molecule has 3 rings (SSSR count). The number of aromatic nitrogens is 4. The molecule has 0 aromatic carbocycles. The number of carbonyl (C=O) groups is 1. The predicted octanol–water partition coefficient (Wildman–Crippen LogP) is 2.82. The minimum atomic E-state index is 0.0553. The molecule has 0 radical (unpaired) electrons. The van der Waals surface area contributed by atoms with Gasteiger partial charge in [0, 0.05) is 30.9 Å². The van der Waals surface area contributed by atoms with E-state index < -0.39 is 0 Å². The first kappa shape index (κ1) is 15.8. The average molecular weight is 315 g/mol. The van der Waals surface area contributed by atoms with Gasteiger partial charge in [0.1, 0.15) is 0 Å². The summed E-state index contributed by atoms with van der Waals surface area (Å²) in [6, 6.07) is 0. The zero-order chi connectivity index (χ0) is 16.2. The van der Waals surface area contributed by atoms with Crippen molar-refractivity contribution in [1.82, 2.24) is 19.6 Å². The normalized spacial score (nSPS) is 16.6. The fraction of sp³-hybridized carbons (Fsp3) is 0.588. The maximum atomic E-state index is 12.3. The first-order chi connectivity index (χ1) is 11.1. The highest BCUT2D eigenvalue weighted by atomic mass is 16.1. The van der Waals surface area contributed by atoms with E-state index in [1.807, 2.05) is 37.2 Å². The third kappa shape index (κ3) is 4.21. The molecule has 6 nitrogen and oxygen atoms in total. The van der Waals surface area contributed by atoms with Crippen LogP contribution in [0.2, 0.25) is 0 Å². The number of nitrogens with one attached hydrogen (secondary N) is 1. The first-order valence-electron chi connectivity index (χ1n) is 8.41. The molecule has 0 bridgehead atoms. The van der Waals surface area contributed by atoms with E-state index in [9.17, 15) is 4.79 Å². The quantitative estimate of drug-likeness (QED) is 0.891. The molecule has 2 aromatic heterocycles. The Morgan fingerprint density at radius 2 is 2.09 bits per heavy atom. The number of amides is 1. The van der Waals surface area contributed by atoms with Gasteiger partial charge in [0.2, 0.25) is 5.91 Å².